The normalized spacial score (nSPS) is 16.2. The highest BCUT2D eigenvalue weighted by molar-refractivity contribution is 6.35. The number of piperidine rings is 1. The monoisotopic (exact) mass is 539 g/mol. The number of aromatic nitrogens is 2. The van der Waals surface area contributed by atoms with Gasteiger partial charge in [-0.3, -0.25) is 10.4 Å². The average molecular weight is 540 g/mol. The molecule has 3 aromatic rings. The van der Waals surface area contributed by atoms with Crippen LogP contribution in [0, 0.1) is 28.0 Å². The molecule has 0 unspecified atom stereocenters. The van der Waals surface area contributed by atoms with E-state index >= 15 is 0 Å². The molecule has 0 aliphatic carbocycles. The van der Waals surface area contributed by atoms with Gasteiger partial charge in [0.05, 0.1) is 21.3 Å². The number of pyridine rings is 2. The van der Waals surface area contributed by atoms with Crippen molar-refractivity contribution in [3.8, 4) is 11.8 Å². The molecule has 0 bridgehead atoms. The topological polar surface area (TPSA) is 124 Å². The van der Waals surface area contributed by atoms with E-state index in [-0.39, 0.29) is 34.7 Å². The predicted molar refractivity (Wildman–Crippen MR) is 141 cm³/mol. The Bertz CT molecular complexity index is 1390. The molecular weight excluding hydrogens is 516 g/mol. The number of nitrogen functional groups attached to an aromatic ring is 1. The molecule has 0 amide bonds. The van der Waals surface area contributed by atoms with Gasteiger partial charge in [-0.05, 0) is 31.5 Å². The summed E-state index contributed by atoms with van der Waals surface area (Å²) in [6, 6.07) is 6.27. The van der Waals surface area contributed by atoms with Gasteiger partial charge in [-0.2, -0.15) is 5.26 Å². The minimum absolute atomic E-state index is 0.00515. The van der Waals surface area contributed by atoms with Crippen molar-refractivity contribution in [2.75, 3.05) is 36.8 Å². The minimum atomic E-state index is -0.689. The lowest BCUT2D eigenvalue weighted by Gasteiger charge is -2.53. The molecule has 5 rings (SSSR count). The maximum absolute atomic E-state index is 14.6. The van der Waals surface area contributed by atoms with Crippen LogP contribution in [0.5, 0.6) is 5.75 Å². The van der Waals surface area contributed by atoms with Crippen LogP contribution in [0.4, 0.5) is 15.9 Å². The van der Waals surface area contributed by atoms with E-state index in [1.54, 1.807) is 12.3 Å². The van der Waals surface area contributed by atoms with E-state index in [9.17, 15) is 9.65 Å². The largest absolute Gasteiger partial charge is 0.486 e. The van der Waals surface area contributed by atoms with Gasteiger partial charge in [-0.1, -0.05) is 23.2 Å². The maximum atomic E-state index is 14.6. The van der Waals surface area contributed by atoms with E-state index in [0.717, 1.165) is 45.1 Å². The Labute approximate surface area is 223 Å². The Morgan fingerprint density at radius 2 is 2.00 bits per heavy atom. The summed E-state index contributed by atoms with van der Waals surface area (Å²) in [5, 5.41) is 22.6. The fourth-order valence-corrected chi connectivity index (χ4v) is 5.39. The van der Waals surface area contributed by atoms with E-state index in [1.807, 2.05) is 0 Å². The first-order valence-corrected chi connectivity index (χ1v) is 12.5. The lowest BCUT2D eigenvalue weighted by atomic mass is 9.74. The first-order chi connectivity index (χ1) is 17.8. The highest BCUT2D eigenvalue weighted by Gasteiger charge is 2.44. The second kappa shape index (κ2) is 10.1. The smallest absolute Gasteiger partial charge is 0.167 e. The predicted octanol–water partition coefficient (Wildman–Crippen LogP) is 4.56. The van der Waals surface area contributed by atoms with Crippen molar-refractivity contribution in [2.24, 2.45) is 5.41 Å². The molecule has 4 N–H and O–H groups in total. The number of anilines is 2. The molecule has 4 heterocycles. The van der Waals surface area contributed by atoms with Gasteiger partial charge in [0.15, 0.2) is 11.6 Å². The second-order valence-corrected chi connectivity index (χ2v) is 10.3. The molecule has 1 aromatic carbocycles. The van der Waals surface area contributed by atoms with Gasteiger partial charge in [0.1, 0.15) is 18.5 Å². The summed E-state index contributed by atoms with van der Waals surface area (Å²) < 4.78 is 20.3. The fourth-order valence-electron chi connectivity index (χ4n) is 4.92. The van der Waals surface area contributed by atoms with Gasteiger partial charge in [0.2, 0.25) is 0 Å². The summed E-state index contributed by atoms with van der Waals surface area (Å²) in [6.07, 6.45) is 6.69. The molecule has 8 nitrogen and oxygen atoms in total. The molecule has 2 aliphatic heterocycles. The SMILES string of the molecule is N#Cc1cc(C(=N)c2cc(OCc3c(Cl)cncc3Cl)c(F)cc2N)cnc1N1CC2(CCCNC2)C1. The molecule has 2 saturated heterocycles. The third kappa shape index (κ3) is 4.92. The summed E-state index contributed by atoms with van der Waals surface area (Å²) in [5.41, 5.74) is 7.82. The zero-order chi connectivity index (χ0) is 26.2. The van der Waals surface area contributed by atoms with E-state index in [2.05, 4.69) is 26.3 Å². The highest BCUT2D eigenvalue weighted by Crippen LogP contribution is 2.40. The third-order valence-electron chi connectivity index (χ3n) is 6.89. The lowest BCUT2D eigenvalue weighted by molar-refractivity contribution is 0.156. The molecule has 2 aliphatic rings. The summed E-state index contributed by atoms with van der Waals surface area (Å²) in [7, 11) is 0. The number of nitrogens with zero attached hydrogens (tertiary/aromatic N) is 4. The Hall–Kier alpha value is -3.45. The molecule has 1 spiro atoms. The quantitative estimate of drug-likeness (QED) is 0.309. The number of hydrogen-bond acceptors (Lipinski definition) is 8. The number of rotatable bonds is 6. The first-order valence-electron chi connectivity index (χ1n) is 11.7. The average Bonchev–Trinajstić information content (AvgIpc) is 2.87. The van der Waals surface area contributed by atoms with Crippen LogP contribution in [0.3, 0.4) is 0 Å². The van der Waals surface area contributed by atoms with Crippen molar-refractivity contribution in [2.45, 2.75) is 19.4 Å². The van der Waals surface area contributed by atoms with Crippen LogP contribution in [0.15, 0.2) is 36.8 Å². The Kier molecular flexibility index (Phi) is 6.90. The van der Waals surface area contributed by atoms with E-state index < -0.39 is 5.82 Å². The number of halogens is 3. The van der Waals surface area contributed by atoms with Crippen molar-refractivity contribution in [1.29, 1.82) is 10.7 Å². The van der Waals surface area contributed by atoms with Gasteiger partial charge >= 0.3 is 0 Å². The van der Waals surface area contributed by atoms with E-state index in [0.29, 0.717) is 32.6 Å². The first kappa shape index (κ1) is 25.2. The summed E-state index contributed by atoms with van der Waals surface area (Å²) >= 11 is 12.3. The van der Waals surface area contributed by atoms with Crippen molar-refractivity contribution >= 4 is 40.4 Å². The van der Waals surface area contributed by atoms with E-state index in [1.165, 1.54) is 18.5 Å². The van der Waals surface area contributed by atoms with Crippen LogP contribution < -0.4 is 20.7 Å². The van der Waals surface area contributed by atoms with Crippen LogP contribution in [-0.4, -0.2) is 41.9 Å². The Morgan fingerprint density at radius 3 is 2.68 bits per heavy atom. The van der Waals surface area contributed by atoms with Crippen LogP contribution in [0.1, 0.15) is 35.1 Å². The standard InChI is InChI=1S/C26H24Cl2FN7O/c27-19-9-34-10-20(28)18(19)11-37-23-5-17(22(31)6-21(23)29)24(32)16-4-15(7-30)25(35-8-16)36-13-26(14-36)2-1-3-33-12-26/h4-6,8-10,32-33H,1-3,11-14,31H2. The molecule has 0 radical (unpaired) electrons. The van der Waals surface area contributed by atoms with Gasteiger partial charge in [-0.25, -0.2) is 9.37 Å². The van der Waals surface area contributed by atoms with Crippen LogP contribution in [0.2, 0.25) is 10.0 Å². The maximum Gasteiger partial charge on any atom is 0.167 e. The molecule has 2 fully saturated rings. The van der Waals surface area contributed by atoms with Crippen molar-refractivity contribution in [3.63, 3.8) is 0 Å². The van der Waals surface area contributed by atoms with Crippen LogP contribution in [0.25, 0.3) is 0 Å². The van der Waals surface area contributed by atoms with E-state index in [4.69, 9.17) is 39.1 Å². The lowest BCUT2D eigenvalue weighted by Crippen LogP contribution is -2.62. The molecular formula is C26H24Cl2FN7O. The summed E-state index contributed by atoms with van der Waals surface area (Å²) in [5.74, 6) is -0.196. The van der Waals surface area contributed by atoms with Gasteiger partial charge < -0.3 is 20.7 Å². The number of ether oxygens (including phenoxy) is 1. The second-order valence-electron chi connectivity index (χ2n) is 9.46. The van der Waals surface area contributed by atoms with Crippen LogP contribution in [-0.2, 0) is 6.61 Å². The fraction of sp³-hybridized carbons (Fsp3) is 0.308. The number of nitriles is 1. The van der Waals surface area contributed by atoms with Gasteiger partial charge in [0.25, 0.3) is 0 Å². The van der Waals surface area contributed by atoms with Crippen molar-refractivity contribution in [3.05, 3.63) is 74.9 Å². The van der Waals surface area contributed by atoms with Crippen molar-refractivity contribution in [1.82, 2.24) is 15.3 Å². The summed E-state index contributed by atoms with van der Waals surface area (Å²) in [6.45, 7) is 3.60. The molecule has 11 heteroatoms. The number of nitrogens with one attached hydrogen (secondary N) is 2. The van der Waals surface area contributed by atoms with Crippen LogP contribution >= 0.6 is 23.2 Å². The molecule has 190 valence electrons. The van der Waals surface area contributed by atoms with Gasteiger partial charge in [-0.15, -0.1) is 0 Å². The molecule has 0 atom stereocenters. The van der Waals surface area contributed by atoms with Gasteiger partial charge in [0, 0.05) is 72.1 Å². The Morgan fingerprint density at radius 1 is 1.24 bits per heavy atom. The highest BCUT2D eigenvalue weighted by atomic mass is 35.5. The zero-order valence-corrected chi connectivity index (χ0v) is 21.3. The number of benzene rings is 1. The molecule has 2 aromatic heterocycles. The number of hydrogen-bond donors (Lipinski definition) is 3. The molecule has 37 heavy (non-hydrogen) atoms. The molecule has 0 saturated carbocycles. The summed E-state index contributed by atoms with van der Waals surface area (Å²) in [4.78, 5) is 10.5. The third-order valence-corrected chi connectivity index (χ3v) is 7.54. The minimum Gasteiger partial charge on any atom is -0.486 e. The van der Waals surface area contributed by atoms with Crippen molar-refractivity contribution < 1.29 is 9.13 Å². The number of nitrogens with two attached hydrogens (primary N) is 1. The zero-order valence-electron chi connectivity index (χ0n) is 19.8. The Balaban J connectivity index is 1.36.